The van der Waals surface area contributed by atoms with Gasteiger partial charge in [0, 0.05) is 11.9 Å². The number of hydrogen-bond donors (Lipinski definition) is 0. The fraction of sp³-hybridized carbons (Fsp3) is 0.0833. The second-order valence-electron chi connectivity index (χ2n) is 3.35. The van der Waals surface area contributed by atoms with Gasteiger partial charge in [0.25, 0.3) is 5.56 Å². The number of nitriles is 1. The molecule has 0 N–H and O–H groups in total. The number of para-hydroxylation sites is 1. The van der Waals surface area contributed by atoms with Crippen molar-refractivity contribution >= 4 is 0 Å². The average molecular weight is 211 g/mol. The molecule has 2 aromatic rings. The summed E-state index contributed by atoms with van der Waals surface area (Å²) in [6.45, 7) is 1.75. The number of nitrogens with zero attached hydrogens (tertiary/aromatic N) is 3. The zero-order valence-electron chi connectivity index (χ0n) is 8.71. The van der Waals surface area contributed by atoms with E-state index in [-0.39, 0.29) is 11.3 Å². The molecule has 78 valence electrons. The van der Waals surface area contributed by atoms with Crippen LogP contribution < -0.4 is 5.56 Å². The molecule has 0 saturated heterocycles. The third kappa shape index (κ3) is 1.71. The lowest BCUT2D eigenvalue weighted by Gasteiger charge is -2.06. The number of aromatic nitrogens is 2. The molecule has 0 fully saturated rings. The zero-order valence-corrected chi connectivity index (χ0v) is 8.71. The first-order valence-corrected chi connectivity index (χ1v) is 4.78. The number of rotatable bonds is 1. The van der Waals surface area contributed by atoms with Crippen LogP contribution in [0.15, 0.2) is 41.3 Å². The molecule has 0 amide bonds. The van der Waals surface area contributed by atoms with Crippen LogP contribution in [-0.2, 0) is 0 Å². The van der Waals surface area contributed by atoms with Gasteiger partial charge in [-0.15, -0.1) is 0 Å². The number of hydrogen-bond acceptors (Lipinski definition) is 3. The minimum absolute atomic E-state index is 0.0798. The standard InChI is InChI=1S/C12H9N3O/c1-9-8-15(10-5-3-2-4-6-10)12(16)11(7-13)14-9/h2-6,8H,1H3. The molecule has 4 nitrogen and oxygen atoms in total. The van der Waals surface area contributed by atoms with Gasteiger partial charge in [0.15, 0.2) is 0 Å². The van der Waals surface area contributed by atoms with E-state index in [1.807, 2.05) is 30.3 Å². The third-order valence-corrected chi connectivity index (χ3v) is 2.17. The Kier molecular flexibility index (Phi) is 2.52. The summed E-state index contributed by atoms with van der Waals surface area (Å²) in [6, 6.07) is 11.0. The summed E-state index contributed by atoms with van der Waals surface area (Å²) < 4.78 is 1.43. The van der Waals surface area contributed by atoms with Crippen molar-refractivity contribution in [2.45, 2.75) is 6.92 Å². The summed E-state index contributed by atoms with van der Waals surface area (Å²) in [5.41, 5.74) is 0.901. The molecule has 1 aromatic heterocycles. The van der Waals surface area contributed by atoms with E-state index >= 15 is 0 Å². The second kappa shape index (κ2) is 3.99. The molecular formula is C12H9N3O. The second-order valence-corrected chi connectivity index (χ2v) is 3.35. The predicted octanol–water partition coefficient (Wildman–Crippen LogP) is 1.41. The lowest BCUT2D eigenvalue weighted by molar-refractivity contribution is 0.917. The molecule has 2 rings (SSSR count). The van der Waals surface area contributed by atoms with Crippen LogP contribution in [0.2, 0.25) is 0 Å². The summed E-state index contributed by atoms with van der Waals surface area (Å²) in [7, 11) is 0. The van der Waals surface area contributed by atoms with Gasteiger partial charge in [0.1, 0.15) is 6.07 Å². The van der Waals surface area contributed by atoms with E-state index in [2.05, 4.69) is 4.98 Å². The summed E-state index contributed by atoms with van der Waals surface area (Å²) in [4.78, 5) is 15.7. The minimum atomic E-state index is -0.390. The molecule has 1 heterocycles. The van der Waals surface area contributed by atoms with Gasteiger partial charge in [-0.2, -0.15) is 5.26 Å². The van der Waals surface area contributed by atoms with Crippen molar-refractivity contribution in [1.82, 2.24) is 9.55 Å². The first kappa shape index (κ1) is 10.1. The smallest absolute Gasteiger partial charge is 0.280 e. The fourth-order valence-electron chi connectivity index (χ4n) is 1.47. The van der Waals surface area contributed by atoms with Crippen LogP contribution in [0.5, 0.6) is 0 Å². The van der Waals surface area contributed by atoms with Crippen molar-refractivity contribution in [2.24, 2.45) is 0 Å². The summed E-state index contributed by atoms with van der Waals surface area (Å²) in [5.74, 6) is 0. The van der Waals surface area contributed by atoms with E-state index in [9.17, 15) is 4.79 Å². The maximum absolute atomic E-state index is 11.8. The first-order chi connectivity index (χ1) is 7.72. The normalized spacial score (nSPS) is 9.75. The molecule has 0 bridgehead atoms. The molecule has 0 aliphatic heterocycles. The van der Waals surface area contributed by atoms with Crippen LogP contribution in [0.4, 0.5) is 0 Å². The van der Waals surface area contributed by atoms with Gasteiger partial charge in [-0.25, -0.2) is 4.98 Å². The van der Waals surface area contributed by atoms with E-state index < -0.39 is 0 Å². The molecule has 0 spiro atoms. The molecule has 1 aromatic carbocycles. The lowest BCUT2D eigenvalue weighted by atomic mass is 10.3. The molecular weight excluding hydrogens is 202 g/mol. The van der Waals surface area contributed by atoms with Crippen LogP contribution in [0, 0.1) is 18.3 Å². The van der Waals surface area contributed by atoms with Crippen molar-refractivity contribution in [1.29, 1.82) is 5.26 Å². The molecule has 4 heteroatoms. The SMILES string of the molecule is Cc1cn(-c2ccccc2)c(=O)c(C#N)n1. The molecule has 0 saturated carbocycles. The summed E-state index contributed by atoms with van der Waals surface area (Å²) in [6.07, 6.45) is 1.62. The van der Waals surface area contributed by atoms with Crippen LogP contribution in [0.3, 0.4) is 0 Å². The lowest BCUT2D eigenvalue weighted by Crippen LogP contribution is -2.22. The van der Waals surface area contributed by atoms with Gasteiger partial charge in [-0.05, 0) is 19.1 Å². The monoisotopic (exact) mass is 211 g/mol. The third-order valence-electron chi connectivity index (χ3n) is 2.17. The van der Waals surface area contributed by atoms with Gasteiger partial charge in [-0.3, -0.25) is 9.36 Å². The van der Waals surface area contributed by atoms with Crippen LogP contribution >= 0.6 is 0 Å². The zero-order chi connectivity index (χ0) is 11.5. The Labute approximate surface area is 92.4 Å². The van der Waals surface area contributed by atoms with Crippen molar-refractivity contribution in [3.05, 3.63) is 58.3 Å². The Morgan fingerprint density at radius 3 is 2.62 bits per heavy atom. The van der Waals surface area contributed by atoms with Gasteiger partial charge in [0.05, 0.1) is 5.69 Å². The van der Waals surface area contributed by atoms with E-state index in [0.717, 1.165) is 5.69 Å². The average Bonchev–Trinajstić information content (AvgIpc) is 2.33. The van der Waals surface area contributed by atoms with E-state index in [0.29, 0.717) is 5.69 Å². The highest BCUT2D eigenvalue weighted by atomic mass is 16.1. The Morgan fingerprint density at radius 2 is 2.00 bits per heavy atom. The maximum Gasteiger partial charge on any atom is 0.291 e. The Hall–Kier alpha value is -2.41. The molecule has 0 unspecified atom stereocenters. The highest BCUT2D eigenvalue weighted by molar-refractivity contribution is 5.34. The van der Waals surface area contributed by atoms with Crippen LogP contribution in [-0.4, -0.2) is 9.55 Å². The fourth-order valence-corrected chi connectivity index (χ4v) is 1.47. The van der Waals surface area contributed by atoms with Crippen molar-refractivity contribution < 1.29 is 0 Å². The number of aryl methyl sites for hydroxylation is 1. The molecule has 0 radical (unpaired) electrons. The molecule has 0 aliphatic carbocycles. The maximum atomic E-state index is 11.8. The van der Waals surface area contributed by atoms with Crippen molar-refractivity contribution in [3.8, 4) is 11.8 Å². The van der Waals surface area contributed by atoms with Crippen LogP contribution in [0.1, 0.15) is 11.4 Å². The highest BCUT2D eigenvalue weighted by Crippen LogP contribution is 2.04. The van der Waals surface area contributed by atoms with Crippen molar-refractivity contribution in [2.75, 3.05) is 0 Å². The van der Waals surface area contributed by atoms with Gasteiger partial charge < -0.3 is 0 Å². The van der Waals surface area contributed by atoms with Gasteiger partial charge >= 0.3 is 0 Å². The van der Waals surface area contributed by atoms with Gasteiger partial charge in [0.2, 0.25) is 5.69 Å². The minimum Gasteiger partial charge on any atom is -0.280 e. The topological polar surface area (TPSA) is 58.7 Å². The van der Waals surface area contributed by atoms with E-state index in [1.165, 1.54) is 4.57 Å². The Bertz CT molecular complexity index is 608. The summed E-state index contributed by atoms with van der Waals surface area (Å²) in [5, 5.41) is 8.79. The first-order valence-electron chi connectivity index (χ1n) is 4.78. The van der Waals surface area contributed by atoms with E-state index in [1.54, 1.807) is 19.2 Å². The number of benzene rings is 1. The van der Waals surface area contributed by atoms with E-state index in [4.69, 9.17) is 5.26 Å². The largest absolute Gasteiger partial charge is 0.291 e. The quantitative estimate of drug-likeness (QED) is 0.716. The molecule has 0 atom stereocenters. The molecule has 16 heavy (non-hydrogen) atoms. The Balaban J connectivity index is 2.72. The highest BCUT2D eigenvalue weighted by Gasteiger charge is 2.06. The predicted molar refractivity (Wildman–Crippen MR) is 59.3 cm³/mol. The van der Waals surface area contributed by atoms with Crippen molar-refractivity contribution in [3.63, 3.8) is 0 Å². The van der Waals surface area contributed by atoms with Gasteiger partial charge in [-0.1, -0.05) is 18.2 Å². The summed E-state index contributed by atoms with van der Waals surface area (Å²) >= 11 is 0. The van der Waals surface area contributed by atoms with Crippen LogP contribution in [0.25, 0.3) is 5.69 Å². The molecule has 0 aliphatic rings. The Morgan fingerprint density at radius 1 is 1.31 bits per heavy atom.